The number of nitrogens with one attached hydrogen (secondary N) is 2. The summed E-state index contributed by atoms with van der Waals surface area (Å²) in [6.07, 6.45) is 3.15. The molecule has 1 aromatic carbocycles. The Morgan fingerprint density at radius 3 is 2.90 bits per heavy atom. The van der Waals surface area contributed by atoms with E-state index in [1.807, 2.05) is 0 Å². The molecule has 1 unspecified atom stereocenters. The molecule has 1 atom stereocenters. The van der Waals surface area contributed by atoms with Crippen LogP contribution in [0.1, 0.15) is 35.2 Å². The lowest BCUT2D eigenvalue weighted by Crippen LogP contribution is -2.33. The van der Waals surface area contributed by atoms with Crippen molar-refractivity contribution in [1.29, 1.82) is 0 Å². The van der Waals surface area contributed by atoms with Gasteiger partial charge in [0.25, 0.3) is 5.91 Å². The van der Waals surface area contributed by atoms with Gasteiger partial charge >= 0.3 is 0 Å². The van der Waals surface area contributed by atoms with Gasteiger partial charge in [-0.15, -0.1) is 0 Å². The second kappa shape index (κ2) is 6.79. The number of halogens is 2. The number of amides is 1. The van der Waals surface area contributed by atoms with E-state index >= 15 is 0 Å². The molecule has 1 aromatic rings. The Kier molecular flexibility index (Phi) is 5.06. The first-order chi connectivity index (χ1) is 9.58. The van der Waals surface area contributed by atoms with E-state index < -0.39 is 17.5 Å². The molecule has 1 heterocycles. The second-order valence-corrected chi connectivity index (χ2v) is 5.34. The molecule has 0 aliphatic carbocycles. The summed E-state index contributed by atoms with van der Waals surface area (Å²) in [6.45, 7) is 3.97. The number of carbonyl (C=O) groups excluding carboxylic acids is 1. The van der Waals surface area contributed by atoms with Crippen molar-refractivity contribution < 1.29 is 13.6 Å². The van der Waals surface area contributed by atoms with E-state index in [1.54, 1.807) is 0 Å². The number of aryl methyl sites for hydroxylation is 1. The molecule has 0 saturated carbocycles. The third-order valence-corrected chi connectivity index (χ3v) is 3.73. The highest BCUT2D eigenvalue weighted by Crippen LogP contribution is 2.15. The predicted molar refractivity (Wildman–Crippen MR) is 73.6 cm³/mol. The average molecular weight is 282 g/mol. The van der Waals surface area contributed by atoms with Gasteiger partial charge in [-0.05, 0) is 62.9 Å². The summed E-state index contributed by atoms with van der Waals surface area (Å²) >= 11 is 0. The zero-order valence-corrected chi connectivity index (χ0v) is 11.6. The van der Waals surface area contributed by atoms with Gasteiger partial charge in [0.1, 0.15) is 11.6 Å². The van der Waals surface area contributed by atoms with E-state index in [0.717, 1.165) is 44.5 Å². The van der Waals surface area contributed by atoms with Crippen molar-refractivity contribution in [2.24, 2.45) is 5.92 Å². The second-order valence-electron chi connectivity index (χ2n) is 5.34. The molecule has 1 saturated heterocycles. The molecule has 0 aromatic heterocycles. The first-order valence-electron chi connectivity index (χ1n) is 7.02. The maximum atomic E-state index is 13.6. The quantitative estimate of drug-likeness (QED) is 0.890. The molecule has 1 aliphatic heterocycles. The van der Waals surface area contributed by atoms with Crippen molar-refractivity contribution in [2.75, 3.05) is 19.6 Å². The third kappa shape index (κ3) is 3.76. The van der Waals surface area contributed by atoms with Crippen LogP contribution in [0.3, 0.4) is 0 Å². The van der Waals surface area contributed by atoms with Gasteiger partial charge < -0.3 is 10.6 Å². The summed E-state index contributed by atoms with van der Waals surface area (Å²) in [5.74, 6) is -1.25. The third-order valence-electron chi connectivity index (χ3n) is 3.73. The molecule has 3 nitrogen and oxygen atoms in total. The molecule has 1 amide bonds. The van der Waals surface area contributed by atoms with E-state index in [4.69, 9.17) is 0 Å². The van der Waals surface area contributed by atoms with Crippen molar-refractivity contribution in [2.45, 2.75) is 26.2 Å². The summed E-state index contributed by atoms with van der Waals surface area (Å²) in [7, 11) is 0. The summed E-state index contributed by atoms with van der Waals surface area (Å²) < 4.78 is 27.0. The fraction of sp³-hybridized carbons (Fsp3) is 0.533. The number of hydrogen-bond donors (Lipinski definition) is 2. The minimum atomic E-state index is -0.680. The smallest absolute Gasteiger partial charge is 0.254 e. The van der Waals surface area contributed by atoms with Crippen LogP contribution in [0.4, 0.5) is 8.78 Å². The summed E-state index contributed by atoms with van der Waals surface area (Å²) in [6, 6.07) is 2.01. The minimum Gasteiger partial charge on any atom is -0.352 e. The van der Waals surface area contributed by atoms with E-state index in [9.17, 15) is 13.6 Å². The van der Waals surface area contributed by atoms with Crippen LogP contribution in [0.15, 0.2) is 12.1 Å². The van der Waals surface area contributed by atoms with Crippen molar-refractivity contribution in [3.05, 3.63) is 34.9 Å². The SMILES string of the molecule is Cc1cc(F)c(C(=O)NCCC2CCCNC2)cc1F. The Balaban J connectivity index is 1.87. The highest BCUT2D eigenvalue weighted by atomic mass is 19.1. The van der Waals surface area contributed by atoms with Gasteiger partial charge in [0.05, 0.1) is 5.56 Å². The molecular weight excluding hydrogens is 262 g/mol. The highest BCUT2D eigenvalue weighted by Gasteiger charge is 2.16. The van der Waals surface area contributed by atoms with Crippen molar-refractivity contribution >= 4 is 5.91 Å². The summed E-state index contributed by atoms with van der Waals surface area (Å²) in [5, 5.41) is 5.97. The fourth-order valence-corrected chi connectivity index (χ4v) is 2.48. The van der Waals surface area contributed by atoms with Gasteiger partial charge in [-0.25, -0.2) is 8.78 Å². The largest absolute Gasteiger partial charge is 0.352 e. The molecule has 20 heavy (non-hydrogen) atoms. The van der Waals surface area contributed by atoms with Crippen LogP contribution in [-0.4, -0.2) is 25.5 Å². The lowest BCUT2D eigenvalue weighted by atomic mass is 9.96. The lowest BCUT2D eigenvalue weighted by Gasteiger charge is -2.22. The van der Waals surface area contributed by atoms with E-state index in [0.29, 0.717) is 12.5 Å². The molecule has 0 radical (unpaired) electrons. The number of benzene rings is 1. The van der Waals surface area contributed by atoms with Crippen LogP contribution in [0, 0.1) is 24.5 Å². The van der Waals surface area contributed by atoms with Crippen molar-refractivity contribution in [1.82, 2.24) is 10.6 Å². The van der Waals surface area contributed by atoms with Gasteiger partial charge in [0, 0.05) is 6.54 Å². The van der Waals surface area contributed by atoms with E-state index in [1.165, 1.54) is 6.92 Å². The van der Waals surface area contributed by atoms with Crippen LogP contribution >= 0.6 is 0 Å². The summed E-state index contributed by atoms with van der Waals surface area (Å²) in [5.41, 5.74) is -0.0257. The number of rotatable bonds is 4. The Bertz CT molecular complexity index is 485. The van der Waals surface area contributed by atoms with Crippen molar-refractivity contribution in [3.8, 4) is 0 Å². The molecule has 2 N–H and O–H groups in total. The van der Waals surface area contributed by atoms with E-state index in [-0.39, 0.29) is 11.1 Å². The fourth-order valence-electron chi connectivity index (χ4n) is 2.48. The standard InChI is InChI=1S/C15H20F2N2O/c1-10-7-14(17)12(8-13(10)16)15(20)19-6-4-11-3-2-5-18-9-11/h7-8,11,18H,2-6,9H2,1H3,(H,19,20). The Hall–Kier alpha value is -1.49. The number of piperidine rings is 1. The Morgan fingerprint density at radius 2 is 2.20 bits per heavy atom. The van der Waals surface area contributed by atoms with Gasteiger partial charge in [-0.1, -0.05) is 0 Å². The van der Waals surface area contributed by atoms with E-state index in [2.05, 4.69) is 10.6 Å². The normalized spacial score (nSPS) is 18.9. The molecule has 1 fully saturated rings. The Morgan fingerprint density at radius 1 is 1.40 bits per heavy atom. The molecule has 2 rings (SSSR count). The molecule has 110 valence electrons. The van der Waals surface area contributed by atoms with Gasteiger partial charge in [0.15, 0.2) is 0 Å². The van der Waals surface area contributed by atoms with Crippen molar-refractivity contribution in [3.63, 3.8) is 0 Å². The molecule has 0 spiro atoms. The first-order valence-corrected chi connectivity index (χ1v) is 7.02. The van der Waals surface area contributed by atoms with Gasteiger partial charge in [0.2, 0.25) is 0 Å². The van der Waals surface area contributed by atoms with Crippen LogP contribution < -0.4 is 10.6 Å². The maximum absolute atomic E-state index is 13.6. The zero-order chi connectivity index (χ0) is 14.5. The molecule has 0 bridgehead atoms. The zero-order valence-electron chi connectivity index (χ0n) is 11.6. The molecule has 1 aliphatic rings. The van der Waals surface area contributed by atoms with Crippen LogP contribution in [-0.2, 0) is 0 Å². The predicted octanol–water partition coefficient (Wildman–Crippen LogP) is 2.39. The number of hydrogen-bond acceptors (Lipinski definition) is 2. The highest BCUT2D eigenvalue weighted by molar-refractivity contribution is 5.94. The summed E-state index contributed by atoms with van der Waals surface area (Å²) in [4.78, 5) is 11.8. The maximum Gasteiger partial charge on any atom is 0.254 e. The van der Waals surface area contributed by atoms with Crippen LogP contribution in [0.5, 0.6) is 0 Å². The van der Waals surface area contributed by atoms with Gasteiger partial charge in [-0.2, -0.15) is 0 Å². The van der Waals surface area contributed by atoms with Crippen LogP contribution in [0.25, 0.3) is 0 Å². The van der Waals surface area contributed by atoms with Crippen LogP contribution in [0.2, 0.25) is 0 Å². The monoisotopic (exact) mass is 282 g/mol. The minimum absolute atomic E-state index is 0.201. The van der Waals surface area contributed by atoms with Gasteiger partial charge in [-0.3, -0.25) is 4.79 Å². The number of carbonyl (C=O) groups is 1. The molecule has 5 heteroatoms. The first kappa shape index (κ1) is 14.9. The lowest BCUT2D eigenvalue weighted by molar-refractivity contribution is 0.0946. The Labute approximate surface area is 117 Å². The topological polar surface area (TPSA) is 41.1 Å². The molecular formula is C15H20F2N2O. The average Bonchev–Trinajstić information content (AvgIpc) is 2.44.